The van der Waals surface area contributed by atoms with Crippen LogP contribution in [0, 0.1) is 5.92 Å². The summed E-state index contributed by atoms with van der Waals surface area (Å²) in [4.78, 5) is 0. The molecule has 1 aliphatic rings. The van der Waals surface area contributed by atoms with Crippen molar-refractivity contribution in [2.24, 2.45) is 5.92 Å². The largest absolute Gasteiger partial charge is 0.167 e. The molecule has 1 rings (SSSR count). The van der Waals surface area contributed by atoms with Crippen LogP contribution in [0.1, 0.15) is 41.0 Å². The average Bonchev–Trinajstić information content (AvgIpc) is 2.40. The third kappa shape index (κ3) is 2.31. The van der Waals surface area contributed by atoms with E-state index in [4.69, 9.17) is 11.1 Å². The van der Waals surface area contributed by atoms with Crippen molar-refractivity contribution in [1.29, 1.82) is 0 Å². The highest BCUT2D eigenvalue weighted by Crippen LogP contribution is 2.51. The van der Waals surface area contributed by atoms with E-state index in [1.165, 1.54) is 23.1 Å². The summed E-state index contributed by atoms with van der Waals surface area (Å²) in [6.45, 7) is 16.0. The van der Waals surface area contributed by atoms with Crippen LogP contribution in [-0.2, 0) is 0 Å². The van der Waals surface area contributed by atoms with Crippen LogP contribution in [-0.4, -0.2) is 7.38 Å². The van der Waals surface area contributed by atoms with Crippen molar-refractivity contribution in [2.45, 2.75) is 59.7 Å². The molecule has 0 saturated heterocycles. The maximum atomic E-state index is 6.73. The summed E-state index contributed by atoms with van der Waals surface area (Å²) < 4.78 is 0. The molecule has 0 aromatic heterocycles. The summed E-state index contributed by atoms with van der Waals surface area (Å²) in [7, 11) is -1.66. The molecule has 0 N–H and O–H groups in total. The number of halogens is 1. The van der Waals surface area contributed by atoms with E-state index in [-0.39, 0.29) is 0 Å². The number of hydrogen-bond donors (Lipinski definition) is 0. The van der Waals surface area contributed by atoms with Crippen molar-refractivity contribution in [2.75, 3.05) is 0 Å². The van der Waals surface area contributed by atoms with Crippen LogP contribution in [0.15, 0.2) is 22.3 Å². The van der Waals surface area contributed by atoms with Crippen LogP contribution < -0.4 is 0 Å². The quantitative estimate of drug-likeness (QED) is 0.461. The smallest absolute Gasteiger partial charge is 0.161 e. The van der Waals surface area contributed by atoms with Gasteiger partial charge in [0.1, 0.15) is 0 Å². The van der Waals surface area contributed by atoms with Crippen LogP contribution in [0.5, 0.6) is 0 Å². The maximum absolute atomic E-state index is 6.73. The van der Waals surface area contributed by atoms with Gasteiger partial charge in [-0.25, -0.2) is 0 Å². The topological polar surface area (TPSA) is 0 Å². The summed E-state index contributed by atoms with van der Waals surface area (Å²) in [5, 5.41) is 0. The van der Waals surface area contributed by atoms with E-state index in [1.54, 1.807) is 5.57 Å². The highest BCUT2D eigenvalue weighted by atomic mass is 35.6. The molecule has 0 bridgehead atoms. The first-order chi connectivity index (χ1) is 7.21. The van der Waals surface area contributed by atoms with E-state index in [0.717, 1.165) is 0 Å². The Kier molecular flexibility index (Phi) is 4.12. The molecule has 0 aromatic rings. The van der Waals surface area contributed by atoms with Crippen molar-refractivity contribution in [3.05, 3.63) is 22.3 Å². The van der Waals surface area contributed by atoms with Gasteiger partial charge in [0.15, 0.2) is 7.38 Å². The molecule has 0 fully saturated rings. The molecule has 0 saturated carbocycles. The minimum Gasteiger partial charge on any atom is -0.167 e. The molecule has 92 valence electrons. The molecule has 2 atom stereocenters. The summed E-state index contributed by atoms with van der Waals surface area (Å²) >= 11 is 6.73. The number of hydrogen-bond acceptors (Lipinski definition) is 0. The van der Waals surface area contributed by atoms with Gasteiger partial charge >= 0.3 is 0 Å². The van der Waals surface area contributed by atoms with Crippen molar-refractivity contribution in [3.63, 3.8) is 0 Å². The predicted molar refractivity (Wildman–Crippen MR) is 77.6 cm³/mol. The average molecular weight is 257 g/mol. The molecule has 0 amide bonds. The fraction of sp³-hybridized carbons (Fsp3) is 0.714. The van der Waals surface area contributed by atoms with E-state index < -0.39 is 7.38 Å². The first-order valence-corrected chi connectivity index (χ1v) is 10.4. The fourth-order valence-electron chi connectivity index (χ4n) is 2.94. The lowest BCUT2D eigenvalue weighted by atomic mass is 9.93. The molecule has 1 unspecified atom stereocenters. The zero-order valence-corrected chi connectivity index (χ0v) is 13.5. The van der Waals surface area contributed by atoms with E-state index in [9.17, 15) is 0 Å². The Labute approximate surface area is 106 Å². The normalized spacial score (nSPS) is 24.4. The van der Waals surface area contributed by atoms with Crippen LogP contribution in [0.3, 0.4) is 0 Å². The predicted octanol–water partition coefficient (Wildman–Crippen LogP) is 5.51. The second kappa shape index (κ2) is 4.70. The monoisotopic (exact) mass is 256 g/mol. The summed E-state index contributed by atoms with van der Waals surface area (Å²) in [5.41, 5.74) is 6.72. The highest BCUT2D eigenvalue weighted by molar-refractivity contribution is 7.20. The second-order valence-electron chi connectivity index (χ2n) is 5.70. The lowest BCUT2D eigenvalue weighted by Crippen LogP contribution is -2.28. The van der Waals surface area contributed by atoms with E-state index >= 15 is 0 Å². The molecular weight excluding hydrogens is 232 g/mol. The van der Waals surface area contributed by atoms with Crippen molar-refractivity contribution in [3.8, 4) is 0 Å². The first-order valence-electron chi connectivity index (χ1n) is 6.29. The zero-order valence-electron chi connectivity index (χ0n) is 11.7. The third-order valence-electron chi connectivity index (χ3n) is 4.16. The second-order valence-corrected chi connectivity index (χ2v) is 12.3. The van der Waals surface area contributed by atoms with E-state index in [1.807, 2.05) is 0 Å². The van der Waals surface area contributed by atoms with E-state index in [0.29, 0.717) is 11.5 Å². The molecule has 16 heavy (non-hydrogen) atoms. The summed E-state index contributed by atoms with van der Waals surface area (Å²) in [5.74, 6) is 0.669. The summed E-state index contributed by atoms with van der Waals surface area (Å²) in [6.07, 6.45) is 1.21. The Hall–Kier alpha value is -0.0131. The van der Waals surface area contributed by atoms with Crippen LogP contribution in [0.4, 0.5) is 0 Å². The molecule has 0 heterocycles. The van der Waals surface area contributed by atoms with Crippen LogP contribution in [0.2, 0.25) is 18.6 Å². The van der Waals surface area contributed by atoms with Crippen molar-refractivity contribution >= 4 is 18.5 Å². The zero-order chi connectivity index (χ0) is 12.7. The number of allylic oxidation sites excluding steroid dienone is 4. The lowest BCUT2D eigenvalue weighted by Gasteiger charge is -2.30. The van der Waals surface area contributed by atoms with Gasteiger partial charge in [-0.05, 0) is 44.3 Å². The molecule has 0 aromatic carbocycles. The van der Waals surface area contributed by atoms with Gasteiger partial charge in [0.25, 0.3) is 0 Å². The Bertz CT molecular complexity index is 344. The highest BCUT2D eigenvalue weighted by Gasteiger charge is 2.40. The molecule has 0 nitrogen and oxygen atoms in total. The van der Waals surface area contributed by atoms with E-state index in [2.05, 4.69) is 47.7 Å². The molecule has 1 aliphatic carbocycles. The van der Waals surface area contributed by atoms with Gasteiger partial charge in [0, 0.05) is 5.54 Å². The molecule has 0 radical (unpaired) electrons. The fourth-order valence-corrected chi connectivity index (χ4v) is 6.27. The van der Waals surface area contributed by atoms with Crippen LogP contribution in [0.25, 0.3) is 0 Å². The van der Waals surface area contributed by atoms with Gasteiger partial charge in [-0.2, -0.15) is 11.1 Å². The van der Waals surface area contributed by atoms with Gasteiger partial charge in [0.05, 0.1) is 0 Å². The van der Waals surface area contributed by atoms with Crippen molar-refractivity contribution in [1.82, 2.24) is 0 Å². The van der Waals surface area contributed by atoms with Gasteiger partial charge < -0.3 is 0 Å². The molecular formula is C14H25ClSi. The lowest BCUT2D eigenvalue weighted by molar-refractivity contribution is 0.634. The van der Waals surface area contributed by atoms with Gasteiger partial charge in [0.2, 0.25) is 0 Å². The minimum absolute atomic E-state index is 0.559. The van der Waals surface area contributed by atoms with Gasteiger partial charge in [-0.3, -0.25) is 0 Å². The standard InChI is InChI=1S/C14H25ClSi/c1-8-9(2)13-11(4)10(3)12(5)14(13)16(6,7)15/h9,14H,8H2,1-7H3/t9?,14-/m1/s1. The van der Waals surface area contributed by atoms with Gasteiger partial charge in [-0.1, -0.05) is 38.1 Å². The molecule has 2 heteroatoms. The van der Waals surface area contributed by atoms with Gasteiger partial charge in [-0.15, -0.1) is 0 Å². The Morgan fingerprint density at radius 2 is 1.69 bits per heavy atom. The Morgan fingerprint density at radius 1 is 1.19 bits per heavy atom. The third-order valence-corrected chi connectivity index (χ3v) is 6.93. The molecule has 0 spiro atoms. The Morgan fingerprint density at radius 3 is 2.06 bits per heavy atom. The first kappa shape index (κ1) is 14.0. The SMILES string of the molecule is CCC(C)C1=C(C)C(C)=C(C)[C@H]1[Si](C)(C)Cl. The minimum atomic E-state index is -1.66. The Balaban J connectivity index is 3.25. The summed E-state index contributed by atoms with van der Waals surface area (Å²) in [6, 6.07) is 0. The maximum Gasteiger partial charge on any atom is 0.161 e. The van der Waals surface area contributed by atoms with Crippen molar-refractivity contribution < 1.29 is 0 Å². The number of rotatable bonds is 3. The van der Waals surface area contributed by atoms with Crippen LogP contribution >= 0.6 is 11.1 Å². The molecule has 0 aliphatic heterocycles.